The van der Waals surface area contributed by atoms with Crippen molar-refractivity contribution < 1.29 is 0 Å². The van der Waals surface area contributed by atoms with Gasteiger partial charge in [-0.05, 0) is 44.2 Å². The van der Waals surface area contributed by atoms with Crippen molar-refractivity contribution in [2.45, 2.75) is 39.2 Å². The largest absolute Gasteiger partial charge is 0.303 e. The van der Waals surface area contributed by atoms with Crippen LogP contribution in [0.2, 0.25) is 0 Å². The van der Waals surface area contributed by atoms with Crippen LogP contribution >= 0.6 is 0 Å². The minimum absolute atomic E-state index is 0.593. The van der Waals surface area contributed by atoms with E-state index in [2.05, 4.69) is 25.8 Å². The van der Waals surface area contributed by atoms with Crippen LogP contribution in [0.25, 0.3) is 0 Å². The van der Waals surface area contributed by atoms with Crippen molar-refractivity contribution in [2.24, 2.45) is 11.3 Å². The lowest BCUT2D eigenvalue weighted by Gasteiger charge is -2.32. The van der Waals surface area contributed by atoms with Crippen LogP contribution in [0, 0.1) is 11.3 Å². The molecular weight excluding hydrogens is 134 g/mol. The van der Waals surface area contributed by atoms with Gasteiger partial charge < -0.3 is 4.90 Å². The van der Waals surface area contributed by atoms with Gasteiger partial charge in [-0.1, -0.05) is 13.8 Å². The van der Waals surface area contributed by atoms with E-state index in [-0.39, 0.29) is 0 Å². The molecule has 0 bridgehead atoms. The van der Waals surface area contributed by atoms with Gasteiger partial charge in [0.15, 0.2) is 0 Å². The molecule has 0 amide bonds. The van der Waals surface area contributed by atoms with Crippen molar-refractivity contribution in [3.63, 3.8) is 0 Å². The molecule has 0 aromatic rings. The molecule has 0 aromatic heterocycles. The molecule has 2 rings (SSSR count). The van der Waals surface area contributed by atoms with Crippen LogP contribution in [0.15, 0.2) is 0 Å². The van der Waals surface area contributed by atoms with Gasteiger partial charge in [-0.25, -0.2) is 0 Å². The summed E-state index contributed by atoms with van der Waals surface area (Å²) in [6.45, 7) is 6.19. The maximum atomic E-state index is 2.57. The van der Waals surface area contributed by atoms with Gasteiger partial charge in [0, 0.05) is 6.04 Å². The molecule has 1 saturated heterocycles. The number of hydrogen-bond acceptors (Lipinski definition) is 1. The predicted molar refractivity (Wildman–Crippen MR) is 47.5 cm³/mol. The van der Waals surface area contributed by atoms with Crippen LogP contribution in [0.4, 0.5) is 0 Å². The third-order valence-corrected chi connectivity index (χ3v) is 3.73. The van der Waals surface area contributed by atoms with Crippen molar-refractivity contribution in [1.82, 2.24) is 4.90 Å². The summed E-state index contributed by atoms with van der Waals surface area (Å²) < 4.78 is 0. The summed E-state index contributed by atoms with van der Waals surface area (Å²) >= 11 is 0. The van der Waals surface area contributed by atoms with E-state index in [0.717, 1.165) is 12.0 Å². The van der Waals surface area contributed by atoms with Crippen LogP contribution in [-0.4, -0.2) is 24.5 Å². The number of nitrogens with zero attached hydrogens (tertiary/aromatic N) is 1. The topological polar surface area (TPSA) is 3.24 Å². The quantitative estimate of drug-likeness (QED) is 0.515. The molecule has 2 atom stereocenters. The number of likely N-dealkylation sites (tertiary alicyclic amines) is 1. The number of rotatable bonds is 0. The van der Waals surface area contributed by atoms with Crippen molar-refractivity contribution in [1.29, 1.82) is 0 Å². The molecule has 0 radical (unpaired) electrons. The van der Waals surface area contributed by atoms with E-state index in [9.17, 15) is 0 Å². The van der Waals surface area contributed by atoms with Crippen molar-refractivity contribution >= 4 is 0 Å². The zero-order chi connectivity index (χ0) is 8.06. The number of hydrogen-bond donors (Lipinski definition) is 0. The van der Waals surface area contributed by atoms with Crippen LogP contribution in [0.3, 0.4) is 0 Å². The highest BCUT2D eigenvalue weighted by molar-refractivity contribution is 5.00. The number of fused-ring (bicyclic) bond motifs is 1. The molecule has 0 spiro atoms. The second-order valence-electron chi connectivity index (χ2n) is 5.00. The Morgan fingerprint density at radius 3 is 2.64 bits per heavy atom. The van der Waals surface area contributed by atoms with Crippen molar-refractivity contribution in [3.05, 3.63) is 0 Å². The average Bonchev–Trinajstić information content (AvgIpc) is 2.38. The van der Waals surface area contributed by atoms with Gasteiger partial charge in [-0.2, -0.15) is 0 Å². The Balaban J connectivity index is 2.20. The normalized spacial score (nSPS) is 42.8. The van der Waals surface area contributed by atoms with Crippen molar-refractivity contribution in [3.8, 4) is 0 Å². The molecule has 1 heteroatoms. The Hall–Kier alpha value is -0.0400. The molecule has 1 saturated carbocycles. The molecule has 1 aliphatic carbocycles. The lowest BCUT2D eigenvalue weighted by Crippen LogP contribution is -2.37. The maximum absolute atomic E-state index is 2.57. The highest BCUT2D eigenvalue weighted by Gasteiger charge is 2.46. The lowest BCUT2D eigenvalue weighted by atomic mass is 9.85. The van der Waals surface area contributed by atoms with E-state index >= 15 is 0 Å². The van der Waals surface area contributed by atoms with Gasteiger partial charge in [0.2, 0.25) is 0 Å². The molecule has 0 aromatic carbocycles. The molecule has 2 fully saturated rings. The first kappa shape index (κ1) is 7.60. The maximum Gasteiger partial charge on any atom is 0.0172 e. The van der Waals surface area contributed by atoms with E-state index in [0.29, 0.717) is 5.41 Å². The Morgan fingerprint density at radius 2 is 2.00 bits per heavy atom. The molecular formula is C10H19N. The molecule has 1 nitrogen and oxygen atoms in total. The fraction of sp³-hybridized carbons (Fsp3) is 1.00. The van der Waals surface area contributed by atoms with Crippen molar-refractivity contribution in [2.75, 3.05) is 13.6 Å². The summed E-state index contributed by atoms with van der Waals surface area (Å²) in [7, 11) is 2.29. The van der Waals surface area contributed by atoms with Crippen LogP contribution in [-0.2, 0) is 0 Å². The molecule has 1 heterocycles. The third-order valence-electron chi connectivity index (χ3n) is 3.73. The minimum atomic E-state index is 0.593. The summed E-state index contributed by atoms with van der Waals surface area (Å²) in [5.74, 6) is 1.02. The molecule has 64 valence electrons. The molecule has 2 aliphatic rings. The SMILES string of the molecule is CN1CCC2CCC(C)(C)C21. The lowest BCUT2D eigenvalue weighted by molar-refractivity contribution is 0.166. The monoisotopic (exact) mass is 153 g/mol. The highest BCUT2D eigenvalue weighted by Crippen LogP contribution is 2.48. The molecule has 0 N–H and O–H groups in total. The van der Waals surface area contributed by atoms with E-state index in [1.807, 2.05) is 0 Å². The van der Waals surface area contributed by atoms with Gasteiger partial charge in [-0.15, -0.1) is 0 Å². The highest BCUT2D eigenvalue weighted by atomic mass is 15.2. The zero-order valence-corrected chi connectivity index (χ0v) is 7.93. The van der Waals surface area contributed by atoms with E-state index in [4.69, 9.17) is 0 Å². The van der Waals surface area contributed by atoms with Gasteiger partial charge in [0.25, 0.3) is 0 Å². The van der Waals surface area contributed by atoms with E-state index in [1.165, 1.54) is 25.8 Å². The van der Waals surface area contributed by atoms with Gasteiger partial charge >= 0.3 is 0 Å². The zero-order valence-electron chi connectivity index (χ0n) is 7.93. The van der Waals surface area contributed by atoms with E-state index < -0.39 is 0 Å². The average molecular weight is 153 g/mol. The molecule has 2 unspecified atom stereocenters. The third kappa shape index (κ3) is 1.01. The van der Waals surface area contributed by atoms with Crippen LogP contribution < -0.4 is 0 Å². The molecule has 11 heavy (non-hydrogen) atoms. The summed E-state index contributed by atoms with van der Waals surface area (Å²) in [5.41, 5.74) is 0.593. The summed E-state index contributed by atoms with van der Waals surface area (Å²) in [6, 6.07) is 0.891. The Bertz CT molecular complexity index is 162. The predicted octanol–water partition coefficient (Wildman–Crippen LogP) is 2.13. The summed E-state index contributed by atoms with van der Waals surface area (Å²) in [4.78, 5) is 2.57. The second kappa shape index (κ2) is 2.22. The van der Waals surface area contributed by atoms with Crippen LogP contribution in [0.5, 0.6) is 0 Å². The van der Waals surface area contributed by atoms with E-state index in [1.54, 1.807) is 0 Å². The summed E-state index contributed by atoms with van der Waals surface area (Å²) in [5, 5.41) is 0. The van der Waals surface area contributed by atoms with Gasteiger partial charge in [0.1, 0.15) is 0 Å². The fourth-order valence-corrected chi connectivity index (χ4v) is 3.27. The fourth-order valence-electron chi connectivity index (χ4n) is 3.27. The first-order valence-electron chi connectivity index (χ1n) is 4.81. The Kier molecular flexibility index (Phi) is 1.54. The first-order valence-corrected chi connectivity index (χ1v) is 4.81. The summed E-state index contributed by atoms with van der Waals surface area (Å²) in [6.07, 6.45) is 4.36. The minimum Gasteiger partial charge on any atom is -0.303 e. The Morgan fingerprint density at radius 1 is 1.27 bits per heavy atom. The van der Waals surface area contributed by atoms with Crippen LogP contribution in [0.1, 0.15) is 33.1 Å². The smallest absolute Gasteiger partial charge is 0.0172 e. The molecule has 1 aliphatic heterocycles. The standard InChI is InChI=1S/C10H19N/c1-10(2)6-4-8-5-7-11(3)9(8)10/h8-9H,4-7H2,1-3H3. The van der Waals surface area contributed by atoms with Gasteiger partial charge in [0.05, 0.1) is 0 Å². The second-order valence-corrected chi connectivity index (χ2v) is 5.00. The van der Waals surface area contributed by atoms with Gasteiger partial charge in [-0.3, -0.25) is 0 Å². The Labute approximate surface area is 69.8 Å². The first-order chi connectivity index (χ1) is 5.11.